The summed E-state index contributed by atoms with van der Waals surface area (Å²) in [6.45, 7) is 6.24. The maximum Gasteiger partial charge on any atom is 0.0451 e. The van der Waals surface area contributed by atoms with E-state index < -0.39 is 0 Å². The highest BCUT2D eigenvalue weighted by molar-refractivity contribution is 5.27. The third-order valence-corrected chi connectivity index (χ3v) is 4.17. The fraction of sp³-hybridized carbons (Fsp3) is 0.444. The van der Waals surface area contributed by atoms with Crippen molar-refractivity contribution in [3.8, 4) is 0 Å². The van der Waals surface area contributed by atoms with Crippen LogP contribution in [0.2, 0.25) is 0 Å². The van der Waals surface area contributed by atoms with Crippen molar-refractivity contribution in [1.82, 2.24) is 14.8 Å². The van der Waals surface area contributed by atoms with Gasteiger partial charge in [-0.1, -0.05) is 30.3 Å². The highest BCUT2D eigenvalue weighted by Crippen LogP contribution is 2.17. The molecule has 2 rings (SSSR count). The lowest BCUT2D eigenvalue weighted by atomic mass is 10.1. The van der Waals surface area contributed by atoms with E-state index in [-0.39, 0.29) is 0 Å². The van der Waals surface area contributed by atoms with Gasteiger partial charge in [0.2, 0.25) is 0 Å². The zero-order chi connectivity index (χ0) is 15.4. The van der Waals surface area contributed by atoms with Gasteiger partial charge in [0.25, 0.3) is 0 Å². The van der Waals surface area contributed by atoms with Crippen LogP contribution in [0.3, 0.4) is 0 Å². The van der Waals surface area contributed by atoms with Gasteiger partial charge in [-0.15, -0.1) is 0 Å². The monoisotopic (exact) mass is 285 g/mol. The molecule has 0 saturated carbocycles. The zero-order valence-corrected chi connectivity index (χ0v) is 13.9. The maximum absolute atomic E-state index is 3.71. The fourth-order valence-electron chi connectivity index (χ4n) is 2.68. The molecule has 0 radical (unpaired) electrons. The lowest BCUT2D eigenvalue weighted by molar-refractivity contribution is 0.340. The highest BCUT2D eigenvalue weighted by atomic mass is 15.1. The summed E-state index contributed by atoms with van der Waals surface area (Å²) >= 11 is 0. The van der Waals surface area contributed by atoms with Gasteiger partial charge in [0, 0.05) is 37.6 Å². The minimum absolute atomic E-state index is 0.348. The van der Waals surface area contributed by atoms with E-state index in [1.165, 1.54) is 22.5 Å². The Labute approximate surface area is 128 Å². The summed E-state index contributed by atoms with van der Waals surface area (Å²) in [6, 6.07) is 13.3. The van der Waals surface area contributed by atoms with E-state index in [0.29, 0.717) is 6.04 Å². The summed E-state index contributed by atoms with van der Waals surface area (Å²) in [6.07, 6.45) is 0. The molecule has 0 aliphatic carbocycles. The van der Waals surface area contributed by atoms with E-state index in [0.717, 1.165) is 13.1 Å². The molecular weight excluding hydrogens is 258 g/mol. The molecule has 0 bridgehead atoms. The second-order valence-electron chi connectivity index (χ2n) is 6.06. The molecular formula is C18H27N3. The van der Waals surface area contributed by atoms with Crippen molar-refractivity contribution < 1.29 is 0 Å². The standard InChI is InChI=1S/C18H27N3/c1-14-11-17(15(2)21(14)5)12-19-18(13-20(3)4)16-9-7-6-8-10-16/h6-11,18-19H,12-13H2,1-5H3. The fourth-order valence-corrected chi connectivity index (χ4v) is 2.68. The van der Waals surface area contributed by atoms with Gasteiger partial charge in [0.1, 0.15) is 0 Å². The maximum atomic E-state index is 3.71. The Balaban J connectivity index is 2.10. The third kappa shape index (κ3) is 3.96. The van der Waals surface area contributed by atoms with Gasteiger partial charge in [-0.25, -0.2) is 0 Å². The van der Waals surface area contributed by atoms with Crippen molar-refractivity contribution in [2.75, 3.05) is 20.6 Å². The van der Waals surface area contributed by atoms with Gasteiger partial charge in [-0.2, -0.15) is 0 Å². The molecule has 0 aliphatic heterocycles. The van der Waals surface area contributed by atoms with Crippen molar-refractivity contribution in [1.29, 1.82) is 0 Å². The van der Waals surface area contributed by atoms with Crippen LogP contribution >= 0.6 is 0 Å². The predicted molar refractivity (Wildman–Crippen MR) is 89.5 cm³/mol. The van der Waals surface area contributed by atoms with Crippen LogP contribution in [0.4, 0.5) is 0 Å². The molecule has 1 atom stereocenters. The molecule has 1 unspecified atom stereocenters. The van der Waals surface area contributed by atoms with Gasteiger partial charge in [0.05, 0.1) is 0 Å². The summed E-state index contributed by atoms with van der Waals surface area (Å²) in [5.41, 5.74) is 5.39. The zero-order valence-electron chi connectivity index (χ0n) is 13.9. The molecule has 1 aromatic heterocycles. The van der Waals surface area contributed by atoms with E-state index in [4.69, 9.17) is 0 Å². The number of likely N-dealkylation sites (N-methyl/N-ethyl adjacent to an activating group) is 1. The first-order chi connectivity index (χ1) is 9.99. The minimum Gasteiger partial charge on any atom is -0.352 e. The molecule has 0 aliphatic rings. The van der Waals surface area contributed by atoms with E-state index in [2.05, 4.69) is 86.2 Å². The van der Waals surface area contributed by atoms with Crippen LogP contribution in [-0.2, 0) is 13.6 Å². The Kier molecular flexibility index (Phi) is 5.21. The largest absolute Gasteiger partial charge is 0.352 e. The number of aromatic nitrogens is 1. The van der Waals surface area contributed by atoms with Crippen molar-refractivity contribution in [3.05, 3.63) is 58.9 Å². The van der Waals surface area contributed by atoms with E-state index >= 15 is 0 Å². The molecule has 3 nitrogen and oxygen atoms in total. The molecule has 3 heteroatoms. The Hall–Kier alpha value is -1.58. The average Bonchev–Trinajstić information content (AvgIpc) is 2.71. The topological polar surface area (TPSA) is 20.2 Å². The SMILES string of the molecule is Cc1cc(CNC(CN(C)C)c2ccccc2)c(C)n1C. The van der Waals surface area contributed by atoms with Crippen LogP contribution in [0.15, 0.2) is 36.4 Å². The van der Waals surface area contributed by atoms with Crippen molar-refractivity contribution in [2.45, 2.75) is 26.4 Å². The van der Waals surface area contributed by atoms with Crippen molar-refractivity contribution in [2.24, 2.45) is 7.05 Å². The summed E-state index contributed by atoms with van der Waals surface area (Å²) in [5.74, 6) is 0. The summed E-state index contributed by atoms with van der Waals surface area (Å²) < 4.78 is 2.25. The molecule has 1 N–H and O–H groups in total. The number of nitrogens with zero attached hydrogens (tertiary/aromatic N) is 2. The first-order valence-electron chi connectivity index (χ1n) is 7.54. The molecule has 0 fully saturated rings. The summed E-state index contributed by atoms with van der Waals surface area (Å²) in [4.78, 5) is 2.23. The average molecular weight is 285 g/mol. The summed E-state index contributed by atoms with van der Waals surface area (Å²) in [7, 11) is 6.37. The molecule has 1 aromatic carbocycles. The first-order valence-corrected chi connectivity index (χ1v) is 7.54. The van der Waals surface area contributed by atoms with Crippen LogP contribution in [0.5, 0.6) is 0 Å². The minimum atomic E-state index is 0.348. The number of hydrogen-bond acceptors (Lipinski definition) is 2. The highest BCUT2D eigenvalue weighted by Gasteiger charge is 2.13. The van der Waals surface area contributed by atoms with Crippen molar-refractivity contribution in [3.63, 3.8) is 0 Å². The lowest BCUT2D eigenvalue weighted by Gasteiger charge is -2.23. The normalized spacial score (nSPS) is 12.9. The van der Waals surface area contributed by atoms with Gasteiger partial charge in [-0.05, 0) is 45.1 Å². The smallest absolute Gasteiger partial charge is 0.0451 e. The van der Waals surface area contributed by atoms with Crippen LogP contribution in [0, 0.1) is 13.8 Å². The van der Waals surface area contributed by atoms with Crippen molar-refractivity contribution >= 4 is 0 Å². The second-order valence-corrected chi connectivity index (χ2v) is 6.06. The van der Waals surface area contributed by atoms with Gasteiger partial charge < -0.3 is 14.8 Å². The van der Waals surface area contributed by atoms with E-state index in [1.54, 1.807) is 0 Å². The Morgan fingerprint density at radius 3 is 2.33 bits per heavy atom. The Morgan fingerprint density at radius 1 is 1.14 bits per heavy atom. The van der Waals surface area contributed by atoms with Crippen LogP contribution in [0.1, 0.15) is 28.6 Å². The number of rotatable bonds is 6. The van der Waals surface area contributed by atoms with Gasteiger partial charge >= 0.3 is 0 Å². The Bertz CT molecular complexity index is 570. The van der Waals surface area contributed by atoms with Gasteiger partial charge in [-0.3, -0.25) is 0 Å². The van der Waals surface area contributed by atoms with Crippen LogP contribution in [0.25, 0.3) is 0 Å². The third-order valence-electron chi connectivity index (χ3n) is 4.17. The van der Waals surface area contributed by atoms with Crippen LogP contribution in [-0.4, -0.2) is 30.1 Å². The molecule has 1 heterocycles. The number of benzene rings is 1. The predicted octanol–water partition coefficient (Wildman–Crippen LogP) is 3.03. The number of aryl methyl sites for hydroxylation is 1. The molecule has 0 amide bonds. The van der Waals surface area contributed by atoms with Crippen LogP contribution < -0.4 is 5.32 Å². The second kappa shape index (κ2) is 6.92. The quantitative estimate of drug-likeness (QED) is 0.880. The first kappa shape index (κ1) is 15.8. The molecule has 21 heavy (non-hydrogen) atoms. The number of nitrogens with one attached hydrogen (secondary N) is 1. The molecule has 2 aromatic rings. The molecule has 0 spiro atoms. The molecule has 0 saturated heterocycles. The van der Waals surface area contributed by atoms with E-state index in [9.17, 15) is 0 Å². The van der Waals surface area contributed by atoms with Gasteiger partial charge in [0.15, 0.2) is 0 Å². The number of hydrogen-bond donors (Lipinski definition) is 1. The Morgan fingerprint density at radius 2 is 1.81 bits per heavy atom. The summed E-state index contributed by atoms with van der Waals surface area (Å²) in [5, 5.41) is 3.71. The lowest BCUT2D eigenvalue weighted by Crippen LogP contribution is -2.31. The molecule has 114 valence electrons. The van der Waals surface area contributed by atoms with E-state index in [1.807, 2.05) is 0 Å².